The van der Waals surface area contributed by atoms with Gasteiger partial charge in [-0.1, -0.05) is 44.2 Å². The summed E-state index contributed by atoms with van der Waals surface area (Å²) in [5.74, 6) is -0.895. The molecule has 0 aliphatic carbocycles. The Morgan fingerprint density at radius 2 is 1.77 bits per heavy atom. The van der Waals surface area contributed by atoms with E-state index in [1.165, 1.54) is 14.1 Å². The molecule has 1 N–H and O–H groups in total. The number of imidazole rings is 1. The van der Waals surface area contributed by atoms with Gasteiger partial charge in [-0.05, 0) is 0 Å². The fraction of sp³-hybridized carbons (Fsp3) is 0.286. The van der Waals surface area contributed by atoms with Crippen molar-refractivity contribution in [3.63, 3.8) is 0 Å². The van der Waals surface area contributed by atoms with Crippen molar-refractivity contribution in [3.8, 4) is 23.2 Å². The lowest BCUT2D eigenvalue weighted by molar-refractivity contribution is 0.457. The molecule has 0 radical (unpaired) electrons. The minimum Gasteiger partial charge on any atom is -0.492 e. The molecule has 0 aliphatic rings. The van der Waals surface area contributed by atoms with E-state index in [2.05, 4.69) is 4.98 Å². The molecule has 2 rings (SSSR count). The number of rotatable bonds is 3. The Labute approximate surface area is 130 Å². The summed E-state index contributed by atoms with van der Waals surface area (Å²) < 4.78 is 26.3. The molecule has 0 bridgehead atoms. The first-order chi connectivity index (χ1) is 10.4. The number of benzene rings is 1. The molecule has 1 heterocycles. The van der Waals surface area contributed by atoms with Crippen LogP contribution in [0.3, 0.4) is 0 Å². The van der Waals surface area contributed by atoms with Crippen LogP contribution < -0.4 is 0 Å². The third-order valence-electron chi connectivity index (χ3n) is 2.66. The van der Waals surface area contributed by atoms with Gasteiger partial charge in [0.05, 0.1) is 0 Å². The van der Waals surface area contributed by atoms with E-state index in [0.717, 1.165) is 8.28 Å². The maximum absolute atomic E-state index is 12.3. The monoisotopic (exact) mass is 322 g/mol. The molecule has 0 amide bonds. The average Bonchev–Trinajstić information content (AvgIpc) is 2.87. The highest BCUT2D eigenvalue weighted by Crippen LogP contribution is 2.31. The van der Waals surface area contributed by atoms with Gasteiger partial charge in [0.25, 0.3) is 0 Å². The number of hydrogen-bond acceptors (Lipinski definition) is 5. The van der Waals surface area contributed by atoms with E-state index < -0.39 is 21.9 Å². The van der Waals surface area contributed by atoms with Gasteiger partial charge >= 0.3 is 10.2 Å². The molecule has 1 aromatic carbocycles. The largest absolute Gasteiger partial charge is 0.492 e. The summed E-state index contributed by atoms with van der Waals surface area (Å²) in [6, 6.07) is 10.1. The molecule has 0 saturated heterocycles. The van der Waals surface area contributed by atoms with Crippen molar-refractivity contribution in [1.29, 1.82) is 5.26 Å². The zero-order valence-corrected chi connectivity index (χ0v) is 13.7. The van der Waals surface area contributed by atoms with Gasteiger partial charge in [-0.25, -0.2) is 0 Å². The Hall–Kier alpha value is -2.37. The second-order valence-corrected chi connectivity index (χ2v) is 6.13. The molecule has 22 heavy (non-hydrogen) atoms. The van der Waals surface area contributed by atoms with Crippen LogP contribution in [-0.2, 0) is 10.2 Å². The quantitative estimate of drug-likeness (QED) is 0.929. The van der Waals surface area contributed by atoms with Gasteiger partial charge in [0, 0.05) is 19.7 Å². The van der Waals surface area contributed by atoms with Crippen LogP contribution in [0.5, 0.6) is 5.88 Å². The average molecular weight is 322 g/mol. The van der Waals surface area contributed by atoms with Gasteiger partial charge in [0.2, 0.25) is 11.7 Å². The molecule has 0 atom stereocenters. The minimum absolute atomic E-state index is 0.0316. The third kappa shape index (κ3) is 3.10. The van der Waals surface area contributed by atoms with Crippen molar-refractivity contribution in [1.82, 2.24) is 13.3 Å². The molecule has 0 saturated carbocycles. The molecular weight excluding hydrogens is 304 g/mol. The lowest BCUT2D eigenvalue weighted by Gasteiger charge is -2.15. The molecule has 0 fully saturated rings. The van der Waals surface area contributed by atoms with E-state index in [-0.39, 0.29) is 5.69 Å². The lowest BCUT2D eigenvalue weighted by Crippen LogP contribution is -2.30. The zero-order valence-electron chi connectivity index (χ0n) is 12.8. The summed E-state index contributed by atoms with van der Waals surface area (Å²) >= 11 is 0. The number of nitriles is 1. The summed E-state index contributed by atoms with van der Waals surface area (Å²) in [6.07, 6.45) is 0. The first-order valence-corrected chi connectivity index (χ1v) is 7.99. The zero-order chi connectivity index (χ0) is 16.9. The van der Waals surface area contributed by atoms with Crippen molar-refractivity contribution < 1.29 is 13.5 Å². The highest BCUT2D eigenvalue weighted by atomic mass is 32.2. The number of aromatic nitrogens is 2. The number of hydrogen-bond donors (Lipinski definition) is 1. The number of aromatic hydroxyl groups is 1. The van der Waals surface area contributed by atoms with E-state index in [0.29, 0.717) is 5.56 Å². The van der Waals surface area contributed by atoms with Gasteiger partial charge in [-0.15, -0.1) is 0 Å². The molecular formula is C14H18N4O3S. The van der Waals surface area contributed by atoms with Crippen molar-refractivity contribution >= 4 is 10.2 Å². The van der Waals surface area contributed by atoms with E-state index in [9.17, 15) is 13.5 Å². The summed E-state index contributed by atoms with van der Waals surface area (Å²) in [7, 11) is -1.30. The van der Waals surface area contributed by atoms with Crippen LogP contribution >= 0.6 is 0 Å². The van der Waals surface area contributed by atoms with Crippen molar-refractivity contribution in [2.45, 2.75) is 13.8 Å². The smallest absolute Gasteiger partial charge is 0.309 e. The standard InChI is InChI=1S/C12H12N4O3S.C2H6/c1-15(2)20(18,19)16-10(8-13)14-12(17)11(16)9-6-4-3-5-7-9;1-2/h3-7,17H,1-2H3;1-2H3. The Bertz CT molecular complexity index is 774. The molecule has 0 aliphatic heterocycles. The van der Waals surface area contributed by atoms with Crippen molar-refractivity contribution in [2.24, 2.45) is 0 Å². The van der Waals surface area contributed by atoms with E-state index >= 15 is 0 Å². The second kappa shape index (κ2) is 7.06. The van der Waals surface area contributed by atoms with Gasteiger partial charge in [-0.3, -0.25) is 0 Å². The van der Waals surface area contributed by atoms with Crippen LogP contribution in [0, 0.1) is 11.3 Å². The lowest BCUT2D eigenvalue weighted by atomic mass is 10.2. The van der Waals surface area contributed by atoms with Crippen LogP contribution in [0.4, 0.5) is 0 Å². The Morgan fingerprint density at radius 1 is 1.23 bits per heavy atom. The third-order valence-corrected chi connectivity index (χ3v) is 4.40. The normalized spacial score (nSPS) is 10.7. The summed E-state index contributed by atoms with van der Waals surface area (Å²) in [4.78, 5) is 3.61. The van der Waals surface area contributed by atoms with Crippen LogP contribution in [0.1, 0.15) is 19.7 Å². The minimum atomic E-state index is -3.97. The van der Waals surface area contributed by atoms with Crippen LogP contribution in [0.25, 0.3) is 11.3 Å². The molecule has 2 aromatic rings. The van der Waals surface area contributed by atoms with Gasteiger partial charge in [0.1, 0.15) is 11.8 Å². The van der Waals surface area contributed by atoms with E-state index in [4.69, 9.17) is 5.26 Å². The molecule has 0 unspecified atom stereocenters. The number of nitrogens with zero attached hydrogens (tertiary/aromatic N) is 4. The van der Waals surface area contributed by atoms with E-state index in [1.54, 1.807) is 36.4 Å². The van der Waals surface area contributed by atoms with Gasteiger partial charge < -0.3 is 5.11 Å². The highest BCUT2D eigenvalue weighted by Gasteiger charge is 2.28. The maximum atomic E-state index is 12.3. The van der Waals surface area contributed by atoms with Crippen LogP contribution in [0.15, 0.2) is 30.3 Å². The van der Waals surface area contributed by atoms with Crippen molar-refractivity contribution in [3.05, 3.63) is 36.2 Å². The van der Waals surface area contributed by atoms with Gasteiger partial charge in [-0.2, -0.15) is 26.9 Å². The SMILES string of the molecule is CC.CN(C)S(=O)(=O)n1c(C#N)nc(O)c1-c1ccccc1. The summed E-state index contributed by atoms with van der Waals surface area (Å²) in [5.41, 5.74) is 0.417. The Kier molecular flexibility index (Phi) is 5.68. The fourth-order valence-electron chi connectivity index (χ4n) is 1.70. The van der Waals surface area contributed by atoms with E-state index in [1.807, 2.05) is 13.8 Å². The van der Waals surface area contributed by atoms with Crippen molar-refractivity contribution in [2.75, 3.05) is 14.1 Å². The predicted octanol–water partition coefficient (Wildman–Crippen LogP) is 1.81. The second-order valence-electron chi connectivity index (χ2n) is 4.14. The predicted molar refractivity (Wildman–Crippen MR) is 83.4 cm³/mol. The summed E-state index contributed by atoms with van der Waals surface area (Å²) in [6.45, 7) is 4.00. The molecule has 118 valence electrons. The first kappa shape index (κ1) is 17.7. The first-order valence-electron chi connectivity index (χ1n) is 6.60. The maximum Gasteiger partial charge on any atom is 0.309 e. The fourth-order valence-corrected chi connectivity index (χ4v) is 2.74. The molecule has 0 spiro atoms. The molecule has 1 aromatic heterocycles. The van der Waals surface area contributed by atoms with Gasteiger partial charge in [0.15, 0.2) is 0 Å². The topological polar surface area (TPSA) is 99.2 Å². The van der Waals surface area contributed by atoms with Crippen LogP contribution in [0.2, 0.25) is 0 Å². The molecule has 7 nitrogen and oxygen atoms in total. The Morgan fingerprint density at radius 3 is 2.23 bits per heavy atom. The molecule has 8 heteroatoms. The highest BCUT2D eigenvalue weighted by molar-refractivity contribution is 7.87. The van der Waals surface area contributed by atoms with Crippen LogP contribution in [-0.4, -0.2) is 40.9 Å². The Balaban J connectivity index is 0.00000116. The summed E-state index contributed by atoms with van der Waals surface area (Å²) in [5, 5.41) is 18.9.